The maximum absolute atomic E-state index is 12.1. The Kier molecular flexibility index (Phi) is 6.72. The van der Waals surface area contributed by atoms with Crippen LogP contribution in [0.3, 0.4) is 0 Å². The number of anilines is 2. The molecule has 2 amide bonds. The lowest BCUT2D eigenvalue weighted by Crippen LogP contribution is -2.29. The van der Waals surface area contributed by atoms with Crippen LogP contribution in [0.15, 0.2) is 30.7 Å². The molecule has 3 N–H and O–H groups in total. The van der Waals surface area contributed by atoms with E-state index in [1.165, 1.54) is 6.20 Å². The summed E-state index contributed by atoms with van der Waals surface area (Å²) in [4.78, 5) is 18.1. The van der Waals surface area contributed by atoms with Crippen LogP contribution >= 0.6 is 0 Å². The van der Waals surface area contributed by atoms with Gasteiger partial charge < -0.3 is 25.4 Å². The standard InChI is InChI=1S/C16H24N6O3/c1-4-25-15-14(6-5-7-17-15)20-16(24)19-12-8-18-22(9-12)11-13(23)10-21(2)3/h5-9,13,23H,4,10-11H2,1-3H3,(H2,19,20,24). The Bertz CT molecular complexity index is 688. The fraction of sp³-hybridized carbons (Fsp3) is 0.438. The lowest BCUT2D eigenvalue weighted by atomic mass is 10.3. The fourth-order valence-electron chi connectivity index (χ4n) is 2.25. The summed E-state index contributed by atoms with van der Waals surface area (Å²) < 4.78 is 6.95. The maximum atomic E-state index is 12.1. The molecule has 9 heteroatoms. The largest absolute Gasteiger partial charge is 0.476 e. The van der Waals surface area contributed by atoms with Crippen LogP contribution in [0.1, 0.15) is 6.92 Å². The number of hydrogen-bond acceptors (Lipinski definition) is 6. The van der Waals surface area contributed by atoms with E-state index in [0.29, 0.717) is 37.0 Å². The van der Waals surface area contributed by atoms with Crippen molar-refractivity contribution < 1.29 is 14.6 Å². The van der Waals surface area contributed by atoms with E-state index in [2.05, 4.69) is 20.7 Å². The van der Waals surface area contributed by atoms with E-state index >= 15 is 0 Å². The fourth-order valence-corrected chi connectivity index (χ4v) is 2.25. The van der Waals surface area contributed by atoms with Crippen LogP contribution in [0.5, 0.6) is 5.88 Å². The van der Waals surface area contributed by atoms with Gasteiger partial charge in [-0.3, -0.25) is 4.68 Å². The van der Waals surface area contributed by atoms with Crippen LogP contribution in [-0.2, 0) is 6.54 Å². The number of ether oxygens (including phenoxy) is 1. The summed E-state index contributed by atoms with van der Waals surface area (Å²) >= 11 is 0. The van der Waals surface area contributed by atoms with Gasteiger partial charge in [0.2, 0.25) is 5.88 Å². The van der Waals surface area contributed by atoms with E-state index in [4.69, 9.17) is 4.74 Å². The highest BCUT2D eigenvalue weighted by molar-refractivity contribution is 6.00. The molecule has 2 aromatic heterocycles. The Morgan fingerprint density at radius 3 is 2.96 bits per heavy atom. The Morgan fingerprint density at radius 1 is 1.44 bits per heavy atom. The normalized spacial score (nSPS) is 12.0. The van der Waals surface area contributed by atoms with Gasteiger partial charge in [0.05, 0.1) is 31.1 Å². The molecule has 0 aliphatic carbocycles. The van der Waals surface area contributed by atoms with Crippen molar-refractivity contribution in [1.82, 2.24) is 19.7 Å². The van der Waals surface area contributed by atoms with Crippen LogP contribution in [0, 0.1) is 0 Å². The number of urea groups is 1. The summed E-state index contributed by atoms with van der Waals surface area (Å²) in [5.41, 5.74) is 1.01. The van der Waals surface area contributed by atoms with E-state index in [-0.39, 0.29) is 0 Å². The molecule has 0 saturated heterocycles. The van der Waals surface area contributed by atoms with Crippen molar-refractivity contribution in [3.05, 3.63) is 30.7 Å². The van der Waals surface area contributed by atoms with Crippen molar-refractivity contribution in [2.24, 2.45) is 0 Å². The Labute approximate surface area is 146 Å². The minimum absolute atomic E-state index is 0.346. The molecule has 136 valence electrons. The molecule has 9 nitrogen and oxygen atoms in total. The molecule has 1 atom stereocenters. The van der Waals surface area contributed by atoms with Gasteiger partial charge in [0, 0.05) is 18.9 Å². The second-order valence-electron chi connectivity index (χ2n) is 5.74. The van der Waals surface area contributed by atoms with Gasteiger partial charge in [-0.25, -0.2) is 9.78 Å². The smallest absolute Gasteiger partial charge is 0.323 e. The number of amides is 2. The summed E-state index contributed by atoms with van der Waals surface area (Å²) in [5, 5.41) is 19.4. The molecule has 0 bridgehead atoms. The highest BCUT2D eigenvalue weighted by Gasteiger charge is 2.11. The molecule has 25 heavy (non-hydrogen) atoms. The Hall–Kier alpha value is -2.65. The molecule has 0 aromatic carbocycles. The van der Waals surface area contributed by atoms with Crippen molar-refractivity contribution in [2.75, 3.05) is 37.9 Å². The zero-order valence-corrected chi connectivity index (χ0v) is 14.6. The molecule has 2 aromatic rings. The van der Waals surface area contributed by atoms with Crippen LogP contribution in [-0.4, -0.2) is 64.2 Å². The quantitative estimate of drug-likeness (QED) is 0.663. The lowest BCUT2D eigenvalue weighted by molar-refractivity contribution is 0.116. The molecule has 1 unspecified atom stereocenters. The first-order valence-corrected chi connectivity index (χ1v) is 7.99. The predicted octanol–water partition coefficient (Wildman–Crippen LogP) is 1.24. The third-order valence-electron chi connectivity index (χ3n) is 3.17. The van der Waals surface area contributed by atoms with Crippen molar-refractivity contribution in [1.29, 1.82) is 0 Å². The summed E-state index contributed by atoms with van der Waals surface area (Å²) in [6.07, 6.45) is 4.23. The summed E-state index contributed by atoms with van der Waals surface area (Å²) in [5.74, 6) is 0.364. The first-order chi connectivity index (χ1) is 12.0. The second-order valence-corrected chi connectivity index (χ2v) is 5.74. The van der Waals surface area contributed by atoms with Crippen molar-refractivity contribution in [2.45, 2.75) is 19.6 Å². The SMILES string of the molecule is CCOc1ncccc1NC(=O)Nc1cnn(CC(O)CN(C)C)c1. The second kappa shape index (κ2) is 9.00. The number of rotatable bonds is 8. The van der Waals surface area contributed by atoms with Crippen molar-refractivity contribution >= 4 is 17.4 Å². The summed E-state index contributed by atoms with van der Waals surface area (Å²) in [7, 11) is 3.77. The number of likely N-dealkylation sites (N-methyl/N-ethyl adjacent to an activating group) is 1. The van der Waals surface area contributed by atoms with Gasteiger partial charge in [0.25, 0.3) is 0 Å². The van der Waals surface area contributed by atoms with Gasteiger partial charge in [-0.1, -0.05) is 0 Å². The van der Waals surface area contributed by atoms with E-state index in [1.54, 1.807) is 29.2 Å². The number of aliphatic hydroxyl groups is 1. The van der Waals surface area contributed by atoms with E-state index in [0.717, 1.165) is 0 Å². The van der Waals surface area contributed by atoms with Gasteiger partial charge in [0.15, 0.2) is 0 Å². The lowest BCUT2D eigenvalue weighted by Gasteiger charge is -2.15. The molecule has 0 fully saturated rings. The number of hydrogen-bond donors (Lipinski definition) is 3. The van der Waals surface area contributed by atoms with E-state index in [1.807, 2.05) is 25.9 Å². The Balaban J connectivity index is 1.91. The molecular weight excluding hydrogens is 324 g/mol. The van der Waals surface area contributed by atoms with Crippen LogP contribution in [0.4, 0.5) is 16.2 Å². The third-order valence-corrected chi connectivity index (χ3v) is 3.17. The van der Waals surface area contributed by atoms with Gasteiger partial charge in [-0.05, 0) is 33.2 Å². The molecule has 0 aliphatic heterocycles. The van der Waals surface area contributed by atoms with Crippen LogP contribution in [0.2, 0.25) is 0 Å². The zero-order chi connectivity index (χ0) is 18.2. The highest BCUT2D eigenvalue weighted by atomic mass is 16.5. The Morgan fingerprint density at radius 2 is 2.24 bits per heavy atom. The number of carbonyl (C=O) groups excluding carboxylic acids is 1. The molecule has 2 rings (SSSR count). The highest BCUT2D eigenvalue weighted by Crippen LogP contribution is 2.20. The summed E-state index contributed by atoms with van der Waals surface area (Å²) in [6, 6.07) is 2.99. The molecule has 2 heterocycles. The minimum atomic E-state index is -0.541. The average molecular weight is 348 g/mol. The van der Waals surface area contributed by atoms with Crippen molar-refractivity contribution in [3.63, 3.8) is 0 Å². The van der Waals surface area contributed by atoms with Crippen LogP contribution < -0.4 is 15.4 Å². The monoisotopic (exact) mass is 348 g/mol. The first kappa shape index (κ1) is 18.7. The van der Waals surface area contributed by atoms with Gasteiger partial charge in [-0.15, -0.1) is 0 Å². The zero-order valence-electron chi connectivity index (χ0n) is 14.6. The predicted molar refractivity (Wildman–Crippen MR) is 94.8 cm³/mol. The molecule has 0 saturated carbocycles. The number of nitrogens with zero attached hydrogens (tertiary/aromatic N) is 4. The third kappa shape index (κ3) is 6.05. The topological polar surface area (TPSA) is 105 Å². The maximum Gasteiger partial charge on any atom is 0.323 e. The number of aromatic nitrogens is 3. The number of nitrogens with one attached hydrogen (secondary N) is 2. The van der Waals surface area contributed by atoms with E-state index < -0.39 is 12.1 Å². The van der Waals surface area contributed by atoms with Crippen LogP contribution in [0.25, 0.3) is 0 Å². The average Bonchev–Trinajstić information content (AvgIpc) is 2.95. The molecular formula is C16H24N6O3. The van der Waals surface area contributed by atoms with Crippen molar-refractivity contribution in [3.8, 4) is 5.88 Å². The molecule has 0 spiro atoms. The number of pyridine rings is 1. The van der Waals surface area contributed by atoms with E-state index in [9.17, 15) is 9.90 Å². The summed E-state index contributed by atoms with van der Waals surface area (Å²) in [6.45, 7) is 3.18. The first-order valence-electron chi connectivity index (χ1n) is 7.99. The number of carbonyl (C=O) groups is 1. The molecule has 0 radical (unpaired) electrons. The van der Waals surface area contributed by atoms with Gasteiger partial charge in [-0.2, -0.15) is 5.10 Å². The molecule has 0 aliphatic rings. The number of aliphatic hydroxyl groups excluding tert-OH is 1. The minimum Gasteiger partial charge on any atom is -0.476 e. The van der Waals surface area contributed by atoms with Gasteiger partial charge >= 0.3 is 6.03 Å². The van der Waals surface area contributed by atoms with Gasteiger partial charge in [0.1, 0.15) is 5.69 Å².